The van der Waals surface area contributed by atoms with Crippen LogP contribution in [-0.4, -0.2) is 18.9 Å². The molecule has 0 aromatic heterocycles. The molecule has 5 nitrogen and oxygen atoms in total. The van der Waals surface area contributed by atoms with Gasteiger partial charge < -0.3 is 4.74 Å². The molecule has 1 N–H and O–H groups in total. The topological polar surface area (TPSA) is 58.6 Å². The summed E-state index contributed by atoms with van der Waals surface area (Å²) in [5, 5.41) is 1.28. The van der Waals surface area contributed by atoms with E-state index in [4.69, 9.17) is 4.74 Å². The first kappa shape index (κ1) is 15.8. The van der Waals surface area contributed by atoms with E-state index in [-0.39, 0.29) is 11.5 Å². The van der Waals surface area contributed by atoms with Crippen molar-refractivity contribution < 1.29 is 14.3 Å². The van der Waals surface area contributed by atoms with Gasteiger partial charge in [-0.15, -0.1) is 0 Å². The third kappa shape index (κ3) is 2.88. The zero-order chi connectivity index (χ0) is 17.3. The Morgan fingerprint density at radius 2 is 1.83 bits per heavy atom. The zero-order valence-corrected chi connectivity index (χ0v) is 13.8. The van der Waals surface area contributed by atoms with Crippen molar-refractivity contribution in [3.63, 3.8) is 0 Å². The maximum Gasteiger partial charge on any atom is 0.282 e. The maximum absolute atomic E-state index is 12.6. The molecule has 2 aromatic rings. The fourth-order valence-corrected chi connectivity index (χ4v) is 2.50. The first-order valence-electron chi connectivity index (χ1n) is 7.58. The highest BCUT2D eigenvalue weighted by atomic mass is 16.5. The van der Waals surface area contributed by atoms with Crippen molar-refractivity contribution in [2.75, 3.05) is 12.1 Å². The van der Waals surface area contributed by atoms with Crippen molar-refractivity contribution in [3.05, 3.63) is 64.7 Å². The summed E-state index contributed by atoms with van der Waals surface area (Å²) in [4.78, 5) is 24.8. The fraction of sp³-hybridized carbons (Fsp3) is 0.158. The molecular weight excluding hydrogens is 304 g/mol. The molecule has 1 heterocycles. The second kappa shape index (κ2) is 6.20. The molecule has 1 fully saturated rings. The van der Waals surface area contributed by atoms with Crippen LogP contribution in [0.15, 0.2) is 48.0 Å². The van der Waals surface area contributed by atoms with E-state index in [2.05, 4.69) is 5.43 Å². The SMILES string of the molecule is COc1cccc(C=C2C(=O)NN(c3ccc(C)c(C)c3)C2=O)c1. The number of rotatable bonds is 3. The molecule has 1 saturated heterocycles. The van der Waals surface area contributed by atoms with Crippen molar-refractivity contribution >= 4 is 23.6 Å². The van der Waals surface area contributed by atoms with E-state index >= 15 is 0 Å². The molecule has 0 atom stereocenters. The number of amides is 2. The van der Waals surface area contributed by atoms with Crippen LogP contribution in [0.2, 0.25) is 0 Å². The van der Waals surface area contributed by atoms with Crippen LogP contribution in [0, 0.1) is 13.8 Å². The Bertz CT molecular complexity index is 855. The Balaban J connectivity index is 1.93. The lowest BCUT2D eigenvalue weighted by Crippen LogP contribution is -2.35. The lowest BCUT2D eigenvalue weighted by atomic mass is 10.1. The number of hydrogen-bond donors (Lipinski definition) is 1. The summed E-state index contributed by atoms with van der Waals surface area (Å²) in [6.45, 7) is 3.96. The van der Waals surface area contributed by atoms with E-state index in [1.54, 1.807) is 25.3 Å². The van der Waals surface area contributed by atoms with Crippen LogP contribution in [0.4, 0.5) is 5.69 Å². The molecule has 3 rings (SSSR count). The highest BCUT2D eigenvalue weighted by Crippen LogP contribution is 2.24. The van der Waals surface area contributed by atoms with E-state index in [1.165, 1.54) is 5.01 Å². The number of anilines is 1. The second-order valence-corrected chi connectivity index (χ2v) is 5.68. The smallest absolute Gasteiger partial charge is 0.282 e. The highest BCUT2D eigenvalue weighted by Gasteiger charge is 2.34. The average Bonchev–Trinajstić information content (AvgIpc) is 2.86. The van der Waals surface area contributed by atoms with Gasteiger partial charge in [0.1, 0.15) is 11.3 Å². The minimum atomic E-state index is -0.416. The first-order valence-corrected chi connectivity index (χ1v) is 7.58. The number of nitrogens with zero attached hydrogens (tertiary/aromatic N) is 1. The van der Waals surface area contributed by atoms with Gasteiger partial charge in [-0.1, -0.05) is 18.2 Å². The van der Waals surface area contributed by atoms with Crippen molar-refractivity contribution in [1.29, 1.82) is 0 Å². The number of methoxy groups -OCH3 is 1. The van der Waals surface area contributed by atoms with Crippen LogP contribution in [0.3, 0.4) is 0 Å². The monoisotopic (exact) mass is 322 g/mol. The van der Waals surface area contributed by atoms with E-state index in [0.717, 1.165) is 16.7 Å². The van der Waals surface area contributed by atoms with Gasteiger partial charge >= 0.3 is 0 Å². The molecular formula is C19H18N2O3. The Labute approximate surface area is 140 Å². The van der Waals surface area contributed by atoms with Crippen LogP contribution < -0.4 is 15.2 Å². The molecule has 0 saturated carbocycles. The molecule has 0 spiro atoms. The van der Waals surface area contributed by atoms with Gasteiger partial charge in [0, 0.05) is 0 Å². The lowest BCUT2D eigenvalue weighted by molar-refractivity contribution is -0.117. The number of hydrogen-bond acceptors (Lipinski definition) is 3. The number of aryl methyl sites for hydroxylation is 2. The molecule has 2 amide bonds. The number of carbonyl (C=O) groups excluding carboxylic acids is 2. The summed E-state index contributed by atoms with van der Waals surface area (Å²) in [5.41, 5.74) is 6.27. The largest absolute Gasteiger partial charge is 0.497 e. The van der Waals surface area contributed by atoms with Gasteiger partial charge in [-0.3, -0.25) is 15.0 Å². The molecule has 1 aliphatic rings. The minimum absolute atomic E-state index is 0.0986. The van der Waals surface area contributed by atoms with E-state index in [9.17, 15) is 9.59 Å². The van der Waals surface area contributed by atoms with Gasteiger partial charge in [-0.05, 0) is 60.9 Å². The summed E-state index contributed by atoms with van der Waals surface area (Å²) in [6.07, 6.45) is 1.57. The Hall–Kier alpha value is -3.08. The summed E-state index contributed by atoms with van der Waals surface area (Å²) >= 11 is 0. The van der Waals surface area contributed by atoms with E-state index < -0.39 is 5.91 Å². The van der Waals surface area contributed by atoms with Crippen LogP contribution >= 0.6 is 0 Å². The third-order valence-corrected chi connectivity index (χ3v) is 4.04. The number of benzene rings is 2. The Kier molecular flexibility index (Phi) is 4.08. The maximum atomic E-state index is 12.6. The van der Waals surface area contributed by atoms with Crippen LogP contribution in [0.1, 0.15) is 16.7 Å². The highest BCUT2D eigenvalue weighted by molar-refractivity contribution is 6.31. The number of nitrogens with one attached hydrogen (secondary N) is 1. The van der Waals surface area contributed by atoms with Gasteiger partial charge in [0.15, 0.2) is 0 Å². The summed E-state index contributed by atoms with van der Waals surface area (Å²) in [7, 11) is 1.57. The van der Waals surface area contributed by atoms with Crippen LogP contribution in [0.25, 0.3) is 6.08 Å². The number of ether oxygens (including phenoxy) is 1. The van der Waals surface area contributed by atoms with Gasteiger partial charge in [0.25, 0.3) is 11.8 Å². The van der Waals surface area contributed by atoms with Crippen molar-refractivity contribution in [2.45, 2.75) is 13.8 Å². The molecule has 24 heavy (non-hydrogen) atoms. The Morgan fingerprint density at radius 1 is 1.04 bits per heavy atom. The summed E-state index contributed by atoms with van der Waals surface area (Å²) in [6, 6.07) is 12.8. The lowest BCUT2D eigenvalue weighted by Gasteiger charge is -2.15. The molecule has 5 heteroatoms. The number of carbonyl (C=O) groups is 2. The Morgan fingerprint density at radius 3 is 2.54 bits per heavy atom. The quantitative estimate of drug-likeness (QED) is 0.698. The molecule has 0 unspecified atom stereocenters. The second-order valence-electron chi connectivity index (χ2n) is 5.68. The van der Waals surface area contributed by atoms with Gasteiger partial charge in [0.2, 0.25) is 0 Å². The van der Waals surface area contributed by atoms with Gasteiger partial charge in [0.05, 0.1) is 12.8 Å². The van der Waals surface area contributed by atoms with Crippen LogP contribution in [-0.2, 0) is 9.59 Å². The molecule has 1 aliphatic heterocycles. The summed E-state index contributed by atoms with van der Waals surface area (Å²) in [5.74, 6) is -0.117. The van der Waals surface area contributed by atoms with E-state index in [1.807, 2.05) is 44.2 Å². The van der Waals surface area contributed by atoms with Crippen molar-refractivity contribution in [3.8, 4) is 5.75 Å². The molecule has 122 valence electrons. The normalized spacial score (nSPS) is 15.8. The molecule has 0 aliphatic carbocycles. The van der Waals surface area contributed by atoms with Crippen LogP contribution in [0.5, 0.6) is 5.75 Å². The van der Waals surface area contributed by atoms with Crippen molar-refractivity contribution in [1.82, 2.24) is 5.43 Å². The molecule has 0 bridgehead atoms. The van der Waals surface area contributed by atoms with E-state index in [0.29, 0.717) is 11.4 Å². The zero-order valence-electron chi connectivity index (χ0n) is 13.8. The predicted molar refractivity (Wildman–Crippen MR) is 92.5 cm³/mol. The minimum Gasteiger partial charge on any atom is -0.497 e. The van der Waals surface area contributed by atoms with Gasteiger partial charge in [-0.2, -0.15) is 0 Å². The third-order valence-electron chi connectivity index (χ3n) is 4.04. The van der Waals surface area contributed by atoms with Crippen molar-refractivity contribution in [2.24, 2.45) is 0 Å². The van der Waals surface area contributed by atoms with Gasteiger partial charge in [-0.25, -0.2) is 5.01 Å². The molecule has 0 radical (unpaired) electrons. The summed E-state index contributed by atoms with van der Waals surface area (Å²) < 4.78 is 5.16. The average molecular weight is 322 g/mol. The predicted octanol–water partition coefficient (Wildman–Crippen LogP) is 2.77. The standard InChI is InChI=1S/C19H18N2O3/c1-12-7-8-15(9-13(12)2)21-19(23)17(18(22)20-21)11-14-5-4-6-16(10-14)24-3/h4-11H,1-3H3,(H,20,22). The molecule has 2 aromatic carbocycles. The first-order chi connectivity index (χ1) is 11.5. The fourth-order valence-electron chi connectivity index (χ4n) is 2.50. The number of hydrazine groups is 1.